The van der Waals surface area contributed by atoms with Gasteiger partial charge in [-0.3, -0.25) is 19.8 Å². The molecule has 10 nitrogen and oxygen atoms in total. The van der Waals surface area contributed by atoms with E-state index in [1.54, 1.807) is 17.0 Å². The number of nitro benzene ring substituents is 1. The summed E-state index contributed by atoms with van der Waals surface area (Å²) < 4.78 is 5.52. The van der Waals surface area contributed by atoms with Gasteiger partial charge in [0.05, 0.1) is 11.0 Å². The fourth-order valence-electron chi connectivity index (χ4n) is 4.79. The SMILES string of the molecule is CC(c1nc(-c2ccccc2)no1)N1CCN(C(=O)c2ccc(N3CCCC3)c([N+](=O)[O-])c2)CC1. The van der Waals surface area contributed by atoms with E-state index in [-0.39, 0.29) is 17.6 Å². The fraction of sp³-hybridized carbons (Fsp3) is 0.400. The lowest BCUT2D eigenvalue weighted by molar-refractivity contribution is -0.384. The van der Waals surface area contributed by atoms with Crippen molar-refractivity contribution in [2.75, 3.05) is 44.2 Å². The summed E-state index contributed by atoms with van der Waals surface area (Å²) in [6.07, 6.45) is 2.05. The van der Waals surface area contributed by atoms with Crippen molar-refractivity contribution in [1.29, 1.82) is 0 Å². The number of carbonyl (C=O) groups excluding carboxylic acids is 1. The summed E-state index contributed by atoms with van der Waals surface area (Å²) in [5, 5.41) is 15.8. The molecular formula is C25H28N6O4. The topological polar surface area (TPSA) is 109 Å². The first kappa shape index (κ1) is 23.0. The fourth-order valence-corrected chi connectivity index (χ4v) is 4.79. The Hall–Kier alpha value is -3.79. The summed E-state index contributed by atoms with van der Waals surface area (Å²) in [5.41, 5.74) is 1.84. The number of carbonyl (C=O) groups is 1. The average molecular weight is 477 g/mol. The zero-order chi connectivity index (χ0) is 24.4. The summed E-state index contributed by atoms with van der Waals surface area (Å²) in [7, 11) is 0. The van der Waals surface area contributed by atoms with Crippen LogP contribution < -0.4 is 4.90 Å². The van der Waals surface area contributed by atoms with Crippen LogP contribution in [0.5, 0.6) is 0 Å². The number of piperazine rings is 1. The molecule has 0 aliphatic carbocycles. The highest BCUT2D eigenvalue weighted by atomic mass is 16.6. The van der Waals surface area contributed by atoms with Gasteiger partial charge in [0.25, 0.3) is 11.6 Å². The van der Waals surface area contributed by atoms with E-state index < -0.39 is 4.92 Å². The molecule has 1 aromatic heterocycles. The van der Waals surface area contributed by atoms with Gasteiger partial charge in [0.2, 0.25) is 11.7 Å². The van der Waals surface area contributed by atoms with Gasteiger partial charge in [0.15, 0.2) is 0 Å². The molecule has 0 radical (unpaired) electrons. The lowest BCUT2D eigenvalue weighted by Gasteiger charge is -2.36. The van der Waals surface area contributed by atoms with Crippen LogP contribution in [0.4, 0.5) is 11.4 Å². The number of nitrogens with zero attached hydrogens (tertiary/aromatic N) is 6. The quantitative estimate of drug-likeness (QED) is 0.391. The van der Waals surface area contributed by atoms with Crippen LogP contribution in [0.2, 0.25) is 0 Å². The Kier molecular flexibility index (Phi) is 6.45. The van der Waals surface area contributed by atoms with Gasteiger partial charge in [-0.25, -0.2) is 0 Å². The maximum Gasteiger partial charge on any atom is 0.293 e. The number of anilines is 1. The number of aromatic nitrogens is 2. The summed E-state index contributed by atoms with van der Waals surface area (Å²) in [5.74, 6) is 0.912. The second kappa shape index (κ2) is 9.83. The predicted molar refractivity (Wildman–Crippen MR) is 130 cm³/mol. The number of rotatable bonds is 6. The van der Waals surface area contributed by atoms with E-state index in [2.05, 4.69) is 15.0 Å². The first-order valence-corrected chi connectivity index (χ1v) is 12.0. The Labute approximate surface area is 203 Å². The van der Waals surface area contributed by atoms with E-state index in [1.807, 2.05) is 42.2 Å². The van der Waals surface area contributed by atoms with Gasteiger partial charge in [0.1, 0.15) is 5.69 Å². The van der Waals surface area contributed by atoms with Crippen LogP contribution in [-0.2, 0) is 0 Å². The molecule has 0 bridgehead atoms. The monoisotopic (exact) mass is 476 g/mol. The number of hydrogen-bond acceptors (Lipinski definition) is 8. The Bertz CT molecular complexity index is 1200. The second-order valence-corrected chi connectivity index (χ2v) is 8.98. The lowest BCUT2D eigenvalue weighted by Crippen LogP contribution is -2.49. The molecule has 3 heterocycles. The van der Waals surface area contributed by atoms with Gasteiger partial charge in [0, 0.05) is 56.5 Å². The molecule has 182 valence electrons. The maximum absolute atomic E-state index is 13.1. The Morgan fingerprint density at radius 2 is 1.74 bits per heavy atom. The van der Waals surface area contributed by atoms with Crippen molar-refractivity contribution in [2.45, 2.75) is 25.8 Å². The Balaban J connectivity index is 1.23. The summed E-state index contributed by atoms with van der Waals surface area (Å²) >= 11 is 0. The molecule has 35 heavy (non-hydrogen) atoms. The van der Waals surface area contributed by atoms with Crippen molar-refractivity contribution in [3.63, 3.8) is 0 Å². The largest absolute Gasteiger partial charge is 0.366 e. The van der Waals surface area contributed by atoms with Gasteiger partial charge >= 0.3 is 0 Å². The summed E-state index contributed by atoms with van der Waals surface area (Å²) in [6, 6.07) is 14.4. The van der Waals surface area contributed by atoms with Crippen LogP contribution in [0.1, 0.15) is 42.1 Å². The number of benzene rings is 2. The van der Waals surface area contributed by atoms with E-state index in [4.69, 9.17) is 4.52 Å². The minimum absolute atomic E-state index is 0.00405. The molecule has 5 rings (SSSR count). The molecule has 2 fully saturated rings. The van der Waals surface area contributed by atoms with Gasteiger partial charge in [-0.05, 0) is 31.9 Å². The molecule has 1 unspecified atom stereocenters. The molecule has 0 spiro atoms. The zero-order valence-corrected chi connectivity index (χ0v) is 19.7. The molecule has 2 saturated heterocycles. The van der Waals surface area contributed by atoms with Gasteiger partial charge in [-0.2, -0.15) is 4.98 Å². The molecule has 2 aliphatic rings. The summed E-state index contributed by atoms with van der Waals surface area (Å²) in [6.45, 7) is 5.95. The molecule has 0 saturated carbocycles. The van der Waals surface area contributed by atoms with E-state index >= 15 is 0 Å². The minimum atomic E-state index is -0.391. The lowest BCUT2D eigenvalue weighted by atomic mass is 10.1. The van der Waals surface area contributed by atoms with Crippen molar-refractivity contribution in [3.8, 4) is 11.4 Å². The minimum Gasteiger partial charge on any atom is -0.366 e. The van der Waals surface area contributed by atoms with E-state index in [9.17, 15) is 14.9 Å². The molecule has 1 amide bonds. The van der Waals surface area contributed by atoms with Gasteiger partial charge in [-0.15, -0.1) is 0 Å². The number of hydrogen-bond donors (Lipinski definition) is 0. The first-order chi connectivity index (χ1) is 17.0. The van der Waals surface area contributed by atoms with Gasteiger partial charge in [-0.1, -0.05) is 35.5 Å². The molecule has 2 aromatic carbocycles. The highest BCUT2D eigenvalue weighted by Gasteiger charge is 2.30. The van der Waals surface area contributed by atoms with Crippen LogP contribution in [0.25, 0.3) is 11.4 Å². The van der Waals surface area contributed by atoms with Crippen molar-refractivity contribution >= 4 is 17.3 Å². The van der Waals surface area contributed by atoms with E-state index in [1.165, 1.54) is 6.07 Å². The normalized spacial score (nSPS) is 17.5. The Morgan fingerprint density at radius 3 is 2.43 bits per heavy atom. The van der Waals surface area contributed by atoms with Crippen LogP contribution in [0.15, 0.2) is 53.1 Å². The van der Waals surface area contributed by atoms with E-state index in [0.717, 1.165) is 31.5 Å². The molecule has 10 heteroatoms. The number of amides is 1. The third-order valence-corrected chi connectivity index (χ3v) is 6.85. The zero-order valence-electron chi connectivity index (χ0n) is 19.7. The standard InChI is InChI=1S/C25H28N6O4/c1-18(24-26-23(27-35-24)19-7-3-2-4-8-19)28-13-15-30(16-14-28)25(32)20-9-10-21(22(17-20)31(33)34)29-11-5-6-12-29/h2-4,7-10,17-18H,5-6,11-16H2,1H3. The maximum atomic E-state index is 13.1. The molecule has 2 aliphatic heterocycles. The molecule has 0 N–H and O–H groups in total. The van der Waals surface area contributed by atoms with Crippen LogP contribution in [0, 0.1) is 10.1 Å². The smallest absolute Gasteiger partial charge is 0.293 e. The van der Waals surface area contributed by atoms with Crippen LogP contribution in [0.3, 0.4) is 0 Å². The van der Waals surface area contributed by atoms with Crippen molar-refractivity contribution in [3.05, 3.63) is 70.1 Å². The van der Waals surface area contributed by atoms with Gasteiger partial charge < -0.3 is 14.3 Å². The van der Waals surface area contributed by atoms with Crippen molar-refractivity contribution < 1.29 is 14.2 Å². The first-order valence-electron chi connectivity index (χ1n) is 12.0. The van der Waals surface area contributed by atoms with Crippen molar-refractivity contribution in [2.24, 2.45) is 0 Å². The number of nitro groups is 1. The highest BCUT2D eigenvalue weighted by Crippen LogP contribution is 2.32. The van der Waals surface area contributed by atoms with E-state index in [0.29, 0.717) is 49.1 Å². The van der Waals surface area contributed by atoms with Crippen LogP contribution >= 0.6 is 0 Å². The second-order valence-electron chi connectivity index (χ2n) is 8.98. The molecule has 1 atom stereocenters. The molecule has 3 aromatic rings. The van der Waals surface area contributed by atoms with Crippen molar-refractivity contribution in [1.82, 2.24) is 19.9 Å². The third-order valence-electron chi connectivity index (χ3n) is 6.85. The Morgan fingerprint density at radius 1 is 1.03 bits per heavy atom. The highest BCUT2D eigenvalue weighted by molar-refractivity contribution is 5.96. The average Bonchev–Trinajstić information content (AvgIpc) is 3.61. The summed E-state index contributed by atoms with van der Waals surface area (Å²) in [4.78, 5) is 35.0. The predicted octanol–water partition coefficient (Wildman–Crippen LogP) is 3.76. The third kappa shape index (κ3) is 4.74. The molecular weight excluding hydrogens is 448 g/mol. The van der Waals surface area contributed by atoms with Crippen LogP contribution in [-0.4, -0.2) is 70.0 Å².